The second kappa shape index (κ2) is 5.11. The monoisotopic (exact) mass is 268 g/mol. The number of anilines is 1. The van der Waals surface area contributed by atoms with Gasteiger partial charge in [0.25, 0.3) is 5.91 Å². The zero-order valence-corrected chi connectivity index (χ0v) is 10.6. The molecule has 7 nitrogen and oxygen atoms in total. The minimum absolute atomic E-state index is 0.240. The maximum Gasteiger partial charge on any atom is 0.277 e. The van der Waals surface area contributed by atoms with Crippen molar-refractivity contribution in [3.63, 3.8) is 0 Å². The van der Waals surface area contributed by atoms with Gasteiger partial charge in [0, 0.05) is 13.1 Å². The molecular formula is C13H12N6O. The number of rotatable bonds is 3. The number of nitrogens with zero attached hydrogens (tertiary/aromatic N) is 4. The van der Waals surface area contributed by atoms with Crippen LogP contribution in [-0.4, -0.2) is 34.0 Å². The van der Waals surface area contributed by atoms with Gasteiger partial charge < -0.3 is 10.6 Å². The Morgan fingerprint density at radius 3 is 2.95 bits per heavy atom. The Labute approximate surface area is 115 Å². The smallest absolute Gasteiger partial charge is 0.277 e. The molecule has 1 aromatic carbocycles. The normalized spacial score (nSPS) is 14.3. The van der Waals surface area contributed by atoms with Gasteiger partial charge in [-0.1, -0.05) is 17.3 Å². The van der Waals surface area contributed by atoms with Crippen molar-refractivity contribution in [1.82, 2.24) is 20.3 Å². The Morgan fingerprint density at radius 2 is 2.25 bits per heavy atom. The van der Waals surface area contributed by atoms with Crippen LogP contribution in [0.5, 0.6) is 0 Å². The molecule has 1 aromatic heterocycles. The molecule has 0 radical (unpaired) electrons. The molecule has 0 spiro atoms. The van der Waals surface area contributed by atoms with Gasteiger partial charge in [0.1, 0.15) is 6.07 Å². The maximum atomic E-state index is 12.1. The summed E-state index contributed by atoms with van der Waals surface area (Å²) in [5, 5.41) is 22.6. The van der Waals surface area contributed by atoms with E-state index in [0.717, 1.165) is 13.1 Å². The van der Waals surface area contributed by atoms with Crippen molar-refractivity contribution in [1.29, 1.82) is 5.26 Å². The number of para-hydroxylation sites is 1. The first-order valence-electron chi connectivity index (χ1n) is 6.21. The third kappa shape index (κ3) is 2.24. The Hall–Kier alpha value is -2.72. The highest BCUT2D eigenvalue weighted by Crippen LogP contribution is 2.15. The average Bonchev–Trinajstić information content (AvgIpc) is 2.87. The van der Waals surface area contributed by atoms with Crippen molar-refractivity contribution < 1.29 is 4.79 Å². The molecule has 0 saturated carbocycles. The summed E-state index contributed by atoms with van der Waals surface area (Å²) in [6.07, 6.45) is 1.62. The summed E-state index contributed by atoms with van der Waals surface area (Å²) in [7, 11) is 0. The molecule has 2 N–H and O–H groups in total. The number of benzene rings is 1. The van der Waals surface area contributed by atoms with Gasteiger partial charge in [-0.15, -0.1) is 5.10 Å². The number of nitrogens with one attached hydrogen (secondary N) is 2. The SMILES string of the molecule is N#Cc1ccccc1NC(=O)c1cn(C2CNC2)nn1. The molecule has 1 amide bonds. The molecule has 2 aromatic rings. The Bertz CT molecular complexity index is 682. The summed E-state index contributed by atoms with van der Waals surface area (Å²) < 4.78 is 1.68. The number of aromatic nitrogens is 3. The topological polar surface area (TPSA) is 95.6 Å². The third-order valence-electron chi connectivity index (χ3n) is 3.17. The van der Waals surface area contributed by atoms with E-state index in [0.29, 0.717) is 11.3 Å². The van der Waals surface area contributed by atoms with Crippen LogP contribution in [0.4, 0.5) is 5.69 Å². The van der Waals surface area contributed by atoms with Crippen molar-refractivity contribution in [3.05, 3.63) is 41.7 Å². The van der Waals surface area contributed by atoms with Crippen molar-refractivity contribution in [2.75, 3.05) is 18.4 Å². The number of nitriles is 1. The van der Waals surface area contributed by atoms with Gasteiger partial charge in [0.2, 0.25) is 0 Å². The summed E-state index contributed by atoms with van der Waals surface area (Å²) in [5.41, 5.74) is 1.13. The summed E-state index contributed by atoms with van der Waals surface area (Å²) in [4.78, 5) is 12.1. The fourth-order valence-corrected chi connectivity index (χ4v) is 1.90. The van der Waals surface area contributed by atoms with Crippen LogP contribution in [0.2, 0.25) is 0 Å². The number of hydrogen-bond donors (Lipinski definition) is 2. The number of carbonyl (C=O) groups is 1. The molecule has 100 valence electrons. The summed E-state index contributed by atoms with van der Waals surface area (Å²) in [6.45, 7) is 1.67. The molecule has 0 atom stereocenters. The molecule has 0 aliphatic carbocycles. The van der Waals surface area contributed by atoms with Crippen molar-refractivity contribution >= 4 is 11.6 Å². The van der Waals surface area contributed by atoms with E-state index in [2.05, 4.69) is 20.9 Å². The van der Waals surface area contributed by atoms with E-state index >= 15 is 0 Å². The second-order valence-corrected chi connectivity index (χ2v) is 4.51. The Kier molecular flexibility index (Phi) is 3.15. The van der Waals surface area contributed by atoms with Crippen LogP contribution < -0.4 is 10.6 Å². The largest absolute Gasteiger partial charge is 0.319 e. The van der Waals surface area contributed by atoms with E-state index in [1.165, 1.54) is 0 Å². The van der Waals surface area contributed by atoms with Crippen LogP contribution in [0.15, 0.2) is 30.5 Å². The van der Waals surface area contributed by atoms with Gasteiger partial charge in [-0.05, 0) is 12.1 Å². The van der Waals surface area contributed by atoms with E-state index in [1.54, 1.807) is 35.1 Å². The van der Waals surface area contributed by atoms with Crippen molar-refractivity contribution in [2.45, 2.75) is 6.04 Å². The lowest BCUT2D eigenvalue weighted by atomic mass is 10.2. The Balaban J connectivity index is 1.76. The molecule has 0 unspecified atom stereocenters. The van der Waals surface area contributed by atoms with Gasteiger partial charge in [-0.3, -0.25) is 4.79 Å². The second-order valence-electron chi connectivity index (χ2n) is 4.51. The zero-order chi connectivity index (χ0) is 13.9. The predicted molar refractivity (Wildman–Crippen MR) is 71.0 cm³/mol. The highest BCUT2D eigenvalue weighted by molar-refractivity contribution is 6.03. The molecule has 20 heavy (non-hydrogen) atoms. The molecule has 1 aliphatic rings. The molecule has 2 heterocycles. The number of carbonyl (C=O) groups excluding carboxylic acids is 1. The van der Waals surface area contributed by atoms with Crippen LogP contribution in [0.1, 0.15) is 22.1 Å². The van der Waals surface area contributed by atoms with Crippen molar-refractivity contribution in [2.24, 2.45) is 0 Å². The number of hydrogen-bond acceptors (Lipinski definition) is 5. The molecular weight excluding hydrogens is 256 g/mol. The molecule has 3 rings (SSSR count). The van der Waals surface area contributed by atoms with E-state index in [-0.39, 0.29) is 17.6 Å². The zero-order valence-electron chi connectivity index (χ0n) is 10.6. The van der Waals surface area contributed by atoms with Crippen LogP contribution in [0, 0.1) is 11.3 Å². The van der Waals surface area contributed by atoms with E-state index in [4.69, 9.17) is 5.26 Å². The van der Waals surface area contributed by atoms with Gasteiger partial charge >= 0.3 is 0 Å². The highest BCUT2D eigenvalue weighted by atomic mass is 16.2. The van der Waals surface area contributed by atoms with Gasteiger partial charge in [0.05, 0.1) is 23.5 Å². The lowest BCUT2D eigenvalue weighted by Crippen LogP contribution is -2.43. The van der Waals surface area contributed by atoms with Crippen LogP contribution in [0.3, 0.4) is 0 Å². The molecule has 1 saturated heterocycles. The molecule has 1 aliphatic heterocycles. The molecule has 0 bridgehead atoms. The summed E-state index contributed by atoms with van der Waals surface area (Å²) in [5.74, 6) is -0.369. The lowest BCUT2D eigenvalue weighted by molar-refractivity contribution is 0.102. The van der Waals surface area contributed by atoms with E-state index in [9.17, 15) is 4.79 Å². The van der Waals surface area contributed by atoms with E-state index < -0.39 is 0 Å². The number of amides is 1. The van der Waals surface area contributed by atoms with Gasteiger partial charge in [-0.25, -0.2) is 4.68 Å². The fraction of sp³-hybridized carbons (Fsp3) is 0.231. The predicted octanol–water partition coefficient (Wildman–Crippen LogP) is 0.546. The molecule has 1 fully saturated rings. The van der Waals surface area contributed by atoms with Gasteiger partial charge in [0.15, 0.2) is 5.69 Å². The van der Waals surface area contributed by atoms with Crippen LogP contribution >= 0.6 is 0 Å². The van der Waals surface area contributed by atoms with Crippen LogP contribution in [-0.2, 0) is 0 Å². The highest BCUT2D eigenvalue weighted by Gasteiger charge is 2.21. The summed E-state index contributed by atoms with van der Waals surface area (Å²) >= 11 is 0. The lowest BCUT2D eigenvalue weighted by Gasteiger charge is -2.26. The first-order chi connectivity index (χ1) is 9.78. The quantitative estimate of drug-likeness (QED) is 0.847. The standard InChI is InChI=1S/C13H12N6O/c14-5-9-3-1-2-4-11(9)16-13(20)12-8-19(18-17-12)10-6-15-7-10/h1-4,8,10,15H,6-7H2,(H,16,20). The fourth-order valence-electron chi connectivity index (χ4n) is 1.90. The van der Waals surface area contributed by atoms with Crippen molar-refractivity contribution in [3.8, 4) is 6.07 Å². The van der Waals surface area contributed by atoms with Crippen LogP contribution in [0.25, 0.3) is 0 Å². The minimum atomic E-state index is -0.369. The average molecular weight is 268 g/mol. The minimum Gasteiger partial charge on any atom is -0.319 e. The first-order valence-corrected chi connectivity index (χ1v) is 6.21. The van der Waals surface area contributed by atoms with E-state index in [1.807, 2.05) is 6.07 Å². The maximum absolute atomic E-state index is 12.1. The first kappa shape index (κ1) is 12.3. The Morgan fingerprint density at radius 1 is 1.45 bits per heavy atom. The third-order valence-corrected chi connectivity index (χ3v) is 3.17. The molecule has 7 heteroatoms. The summed E-state index contributed by atoms with van der Waals surface area (Å²) in [6, 6.07) is 9.11. The van der Waals surface area contributed by atoms with Gasteiger partial charge in [-0.2, -0.15) is 5.26 Å².